The monoisotopic (exact) mass is 323 g/mol. The molecule has 22 heavy (non-hydrogen) atoms. The SMILES string of the molecule is Cc1nc(N(C)C)sc1C(=O)NCC(O)c1ccccc1F. The van der Waals surface area contributed by atoms with Gasteiger partial charge in [-0.2, -0.15) is 0 Å². The summed E-state index contributed by atoms with van der Waals surface area (Å²) in [5.41, 5.74) is 0.796. The second-order valence-electron chi connectivity index (χ2n) is 5.05. The van der Waals surface area contributed by atoms with Gasteiger partial charge in [-0.15, -0.1) is 0 Å². The first kappa shape index (κ1) is 16.4. The Bertz CT molecular complexity index is 673. The minimum Gasteiger partial charge on any atom is -0.386 e. The molecule has 7 heteroatoms. The van der Waals surface area contributed by atoms with Gasteiger partial charge in [0.1, 0.15) is 10.7 Å². The van der Waals surface area contributed by atoms with E-state index in [4.69, 9.17) is 0 Å². The molecule has 1 amide bonds. The van der Waals surface area contributed by atoms with Gasteiger partial charge in [-0.1, -0.05) is 29.5 Å². The Morgan fingerprint density at radius 2 is 2.14 bits per heavy atom. The Labute approximate surface area is 132 Å². The fourth-order valence-electron chi connectivity index (χ4n) is 1.91. The topological polar surface area (TPSA) is 65.5 Å². The highest BCUT2D eigenvalue weighted by Gasteiger charge is 2.18. The van der Waals surface area contributed by atoms with Gasteiger partial charge in [-0.3, -0.25) is 4.79 Å². The average Bonchev–Trinajstić information content (AvgIpc) is 2.87. The number of amides is 1. The number of aromatic nitrogens is 1. The van der Waals surface area contributed by atoms with E-state index in [0.717, 1.165) is 5.13 Å². The van der Waals surface area contributed by atoms with Gasteiger partial charge in [0.2, 0.25) is 0 Å². The van der Waals surface area contributed by atoms with Gasteiger partial charge in [-0.05, 0) is 13.0 Å². The zero-order valence-electron chi connectivity index (χ0n) is 12.6. The van der Waals surface area contributed by atoms with E-state index in [1.807, 2.05) is 19.0 Å². The number of aryl methyl sites for hydroxylation is 1. The van der Waals surface area contributed by atoms with Crippen LogP contribution >= 0.6 is 11.3 Å². The maximum atomic E-state index is 13.6. The number of thiazole rings is 1. The van der Waals surface area contributed by atoms with E-state index < -0.39 is 11.9 Å². The van der Waals surface area contributed by atoms with Crippen LogP contribution in [0.2, 0.25) is 0 Å². The zero-order chi connectivity index (χ0) is 16.3. The largest absolute Gasteiger partial charge is 0.386 e. The first-order valence-corrected chi connectivity index (χ1v) is 7.57. The Hall–Kier alpha value is -1.99. The van der Waals surface area contributed by atoms with Crippen LogP contribution in [-0.2, 0) is 0 Å². The number of halogens is 1. The lowest BCUT2D eigenvalue weighted by molar-refractivity contribution is 0.0917. The highest BCUT2D eigenvalue weighted by Crippen LogP contribution is 2.24. The Kier molecular flexibility index (Phi) is 5.10. The number of anilines is 1. The summed E-state index contributed by atoms with van der Waals surface area (Å²) in [6.45, 7) is 1.69. The molecule has 0 aliphatic carbocycles. The number of hydrogen-bond acceptors (Lipinski definition) is 5. The number of hydrogen-bond donors (Lipinski definition) is 2. The van der Waals surface area contributed by atoms with Crippen molar-refractivity contribution in [2.24, 2.45) is 0 Å². The molecule has 1 unspecified atom stereocenters. The Balaban J connectivity index is 2.02. The Morgan fingerprint density at radius 3 is 2.73 bits per heavy atom. The Morgan fingerprint density at radius 1 is 1.45 bits per heavy atom. The van der Waals surface area contributed by atoms with E-state index in [1.54, 1.807) is 19.1 Å². The minimum absolute atomic E-state index is 0.0611. The normalized spacial score (nSPS) is 12.0. The first-order chi connectivity index (χ1) is 10.4. The maximum absolute atomic E-state index is 13.6. The van der Waals surface area contributed by atoms with Crippen LogP contribution in [0.15, 0.2) is 24.3 Å². The quantitative estimate of drug-likeness (QED) is 0.884. The molecule has 2 aromatic rings. The number of nitrogens with zero attached hydrogens (tertiary/aromatic N) is 2. The van der Waals surface area contributed by atoms with Gasteiger partial charge in [0.15, 0.2) is 5.13 Å². The van der Waals surface area contributed by atoms with Gasteiger partial charge in [-0.25, -0.2) is 9.37 Å². The molecule has 1 heterocycles. The van der Waals surface area contributed by atoms with Crippen LogP contribution in [0.4, 0.5) is 9.52 Å². The van der Waals surface area contributed by atoms with Gasteiger partial charge >= 0.3 is 0 Å². The number of carbonyl (C=O) groups excluding carboxylic acids is 1. The molecule has 2 rings (SSSR count). The molecule has 0 fully saturated rings. The molecule has 1 aromatic carbocycles. The smallest absolute Gasteiger partial charge is 0.263 e. The number of nitrogens with one attached hydrogen (secondary N) is 1. The second-order valence-corrected chi connectivity index (χ2v) is 6.03. The standard InChI is InChI=1S/C15H18FN3O2S/c1-9-13(22-15(18-9)19(2)3)14(21)17-8-12(20)10-6-4-5-7-11(10)16/h4-7,12,20H,8H2,1-3H3,(H,17,21). The third kappa shape index (κ3) is 3.61. The van der Waals surface area contributed by atoms with E-state index in [1.165, 1.54) is 23.5 Å². The molecule has 0 radical (unpaired) electrons. The lowest BCUT2D eigenvalue weighted by atomic mass is 10.1. The van der Waals surface area contributed by atoms with Crippen molar-refractivity contribution >= 4 is 22.4 Å². The molecule has 118 valence electrons. The number of aliphatic hydroxyl groups is 1. The molecule has 1 aromatic heterocycles. The summed E-state index contributed by atoms with van der Waals surface area (Å²) in [5, 5.41) is 13.3. The van der Waals surface area contributed by atoms with Crippen LogP contribution in [0.25, 0.3) is 0 Å². The van der Waals surface area contributed by atoms with Crippen molar-refractivity contribution in [1.82, 2.24) is 10.3 Å². The van der Waals surface area contributed by atoms with Crippen molar-refractivity contribution < 1.29 is 14.3 Å². The molecule has 0 bridgehead atoms. The molecule has 5 nitrogen and oxygen atoms in total. The maximum Gasteiger partial charge on any atom is 0.263 e. The summed E-state index contributed by atoms with van der Waals surface area (Å²) < 4.78 is 13.6. The van der Waals surface area contributed by atoms with Gasteiger partial charge in [0.05, 0.1) is 11.8 Å². The number of carbonyl (C=O) groups is 1. The van der Waals surface area contributed by atoms with E-state index in [-0.39, 0.29) is 18.0 Å². The third-order valence-electron chi connectivity index (χ3n) is 3.09. The summed E-state index contributed by atoms with van der Waals surface area (Å²) in [4.78, 5) is 18.8. The van der Waals surface area contributed by atoms with Crippen molar-refractivity contribution in [2.45, 2.75) is 13.0 Å². The first-order valence-electron chi connectivity index (χ1n) is 6.75. The van der Waals surface area contributed by atoms with Crippen molar-refractivity contribution in [3.63, 3.8) is 0 Å². The van der Waals surface area contributed by atoms with Gasteiger partial charge < -0.3 is 15.3 Å². The second kappa shape index (κ2) is 6.85. The fraction of sp³-hybridized carbons (Fsp3) is 0.333. The van der Waals surface area contributed by atoms with Crippen molar-refractivity contribution in [3.8, 4) is 0 Å². The molecule has 2 N–H and O–H groups in total. The van der Waals surface area contributed by atoms with Crippen molar-refractivity contribution in [1.29, 1.82) is 0 Å². The van der Waals surface area contributed by atoms with Crippen LogP contribution in [0, 0.1) is 12.7 Å². The number of benzene rings is 1. The highest BCUT2D eigenvalue weighted by atomic mass is 32.1. The van der Waals surface area contributed by atoms with Crippen molar-refractivity contribution in [3.05, 3.63) is 46.2 Å². The van der Waals surface area contributed by atoms with Gasteiger partial charge in [0.25, 0.3) is 5.91 Å². The summed E-state index contributed by atoms with van der Waals surface area (Å²) in [6, 6.07) is 5.96. The predicted octanol–water partition coefficient (Wildman–Crippen LogP) is 2.12. The predicted molar refractivity (Wildman–Crippen MR) is 84.9 cm³/mol. The van der Waals surface area contributed by atoms with E-state index in [2.05, 4.69) is 10.3 Å². The summed E-state index contributed by atoms with van der Waals surface area (Å²) in [6.07, 6.45) is -1.09. The minimum atomic E-state index is -1.09. The van der Waals surface area contributed by atoms with Crippen LogP contribution in [0.3, 0.4) is 0 Å². The van der Waals surface area contributed by atoms with E-state index in [9.17, 15) is 14.3 Å². The zero-order valence-corrected chi connectivity index (χ0v) is 13.4. The lowest BCUT2D eigenvalue weighted by Crippen LogP contribution is -2.28. The highest BCUT2D eigenvalue weighted by molar-refractivity contribution is 7.17. The molecular weight excluding hydrogens is 305 g/mol. The molecule has 1 atom stereocenters. The fourth-order valence-corrected chi connectivity index (χ4v) is 2.82. The summed E-state index contributed by atoms with van der Waals surface area (Å²) in [7, 11) is 3.70. The van der Waals surface area contributed by atoms with Crippen LogP contribution in [0.5, 0.6) is 0 Å². The molecular formula is C15H18FN3O2S. The molecule has 0 aliphatic rings. The summed E-state index contributed by atoms with van der Waals surface area (Å²) >= 11 is 1.27. The molecule has 0 saturated heterocycles. The van der Waals surface area contributed by atoms with Crippen molar-refractivity contribution in [2.75, 3.05) is 25.5 Å². The third-order valence-corrected chi connectivity index (χ3v) is 4.42. The molecule has 0 saturated carbocycles. The van der Waals surface area contributed by atoms with Crippen LogP contribution < -0.4 is 10.2 Å². The number of rotatable bonds is 5. The van der Waals surface area contributed by atoms with Gasteiger partial charge in [0, 0.05) is 26.2 Å². The molecule has 0 spiro atoms. The molecule has 0 aliphatic heterocycles. The van der Waals surface area contributed by atoms with Crippen LogP contribution in [0.1, 0.15) is 27.0 Å². The summed E-state index contributed by atoms with van der Waals surface area (Å²) in [5.74, 6) is -0.813. The number of aliphatic hydroxyl groups excluding tert-OH is 1. The van der Waals surface area contributed by atoms with E-state index >= 15 is 0 Å². The van der Waals surface area contributed by atoms with Crippen LogP contribution in [-0.4, -0.2) is 36.6 Å². The van der Waals surface area contributed by atoms with E-state index in [0.29, 0.717) is 10.6 Å². The average molecular weight is 323 g/mol. The lowest BCUT2D eigenvalue weighted by Gasteiger charge is -2.12.